The largest absolute Gasteiger partial charge is 0.534 e. The van der Waals surface area contributed by atoms with Gasteiger partial charge in [-0.15, -0.1) is 0 Å². The lowest BCUT2D eigenvalue weighted by Gasteiger charge is -2.11. The van der Waals surface area contributed by atoms with Crippen molar-refractivity contribution in [3.05, 3.63) is 81.2 Å². The van der Waals surface area contributed by atoms with E-state index in [-0.39, 0.29) is 16.3 Å². The summed E-state index contributed by atoms with van der Waals surface area (Å²) in [5.74, 6) is -0.459. The van der Waals surface area contributed by atoms with Gasteiger partial charge in [-0.25, -0.2) is 0 Å². The summed E-state index contributed by atoms with van der Waals surface area (Å²) in [7, 11) is -5.71. The zero-order chi connectivity index (χ0) is 22.8. The van der Waals surface area contributed by atoms with Gasteiger partial charge in [0.25, 0.3) is 0 Å². The van der Waals surface area contributed by atoms with Gasteiger partial charge in [0, 0.05) is 45.3 Å². The highest BCUT2D eigenvalue weighted by Gasteiger charge is 2.48. The van der Waals surface area contributed by atoms with Gasteiger partial charge in [-0.2, -0.15) is 21.6 Å². The Balaban J connectivity index is 0.000000194. The van der Waals surface area contributed by atoms with Gasteiger partial charge in [0.2, 0.25) is 0 Å². The molecule has 4 aromatic rings. The molecule has 0 amide bonds. The van der Waals surface area contributed by atoms with Gasteiger partial charge < -0.3 is 9.17 Å². The first-order chi connectivity index (χ1) is 14.5. The van der Waals surface area contributed by atoms with Crippen LogP contribution in [0.25, 0.3) is 21.8 Å². The van der Waals surface area contributed by atoms with Crippen LogP contribution in [0.5, 0.6) is 5.75 Å². The summed E-state index contributed by atoms with van der Waals surface area (Å²) in [4.78, 5) is 18.0. The van der Waals surface area contributed by atoms with Crippen molar-refractivity contribution < 1.29 is 25.8 Å². The van der Waals surface area contributed by atoms with Crippen molar-refractivity contribution >= 4 is 55.1 Å². The number of nitrogens with one attached hydrogen (secondary N) is 1. The number of aromatic nitrogens is 2. The lowest BCUT2D eigenvalue weighted by atomic mass is 10.2. The van der Waals surface area contributed by atoms with Crippen LogP contribution in [0.2, 0.25) is 10.0 Å². The van der Waals surface area contributed by atoms with Crippen LogP contribution >= 0.6 is 23.2 Å². The Morgan fingerprint density at radius 2 is 1.58 bits per heavy atom. The van der Waals surface area contributed by atoms with E-state index >= 15 is 0 Å². The van der Waals surface area contributed by atoms with Crippen molar-refractivity contribution in [2.75, 3.05) is 0 Å². The minimum atomic E-state index is -5.71. The zero-order valence-corrected chi connectivity index (χ0v) is 17.5. The third-order valence-corrected chi connectivity index (χ3v) is 5.30. The van der Waals surface area contributed by atoms with Crippen LogP contribution in [0.1, 0.15) is 0 Å². The van der Waals surface area contributed by atoms with Crippen molar-refractivity contribution in [1.82, 2.24) is 9.97 Å². The van der Waals surface area contributed by atoms with Gasteiger partial charge in [-0.1, -0.05) is 23.2 Å². The molecule has 1 N–H and O–H groups in total. The highest BCUT2D eigenvalue weighted by molar-refractivity contribution is 7.88. The summed E-state index contributed by atoms with van der Waals surface area (Å²) in [5.41, 5.74) is -4.48. The molecule has 0 bridgehead atoms. The minimum absolute atomic E-state index is 0.0143. The van der Waals surface area contributed by atoms with E-state index in [1.54, 1.807) is 24.4 Å². The van der Waals surface area contributed by atoms with E-state index in [9.17, 15) is 26.4 Å². The van der Waals surface area contributed by atoms with Crippen LogP contribution in [-0.2, 0) is 10.1 Å². The Bertz CT molecular complexity index is 1420. The van der Waals surface area contributed by atoms with Crippen LogP contribution in [0.15, 0.2) is 65.7 Å². The molecule has 0 aliphatic rings. The quantitative estimate of drug-likeness (QED) is 0.304. The molecule has 0 radical (unpaired) electrons. The average Bonchev–Trinajstić information content (AvgIpc) is 2.67. The summed E-state index contributed by atoms with van der Waals surface area (Å²) >= 11 is 11.4. The molecule has 162 valence electrons. The molecule has 4 rings (SSSR count). The highest BCUT2D eigenvalue weighted by Crippen LogP contribution is 2.31. The van der Waals surface area contributed by atoms with Crippen LogP contribution in [-0.4, -0.2) is 23.9 Å². The molecule has 0 fully saturated rings. The fourth-order valence-corrected chi connectivity index (χ4v) is 3.30. The molecule has 0 saturated carbocycles. The first kappa shape index (κ1) is 22.9. The van der Waals surface area contributed by atoms with Crippen LogP contribution < -0.4 is 9.61 Å². The SMILES string of the molecule is O=S(=O)(Oc1ccnc2cc(Cl)ccc12)C(F)(F)F.O=c1cc[nH]c2cc(Cl)ccc12. The van der Waals surface area contributed by atoms with E-state index in [1.165, 1.54) is 24.3 Å². The summed E-state index contributed by atoms with van der Waals surface area (Å²) in [6, 6.07) is 11.8. The molecule has 2 aromatic heterocycles. The molecule has 6 nitrogen and oxygen atoms in total. The number of H-pyrrole nitrogens is 1. The second-order valence-electron chi connectivity index (χ2n) is 5.99. The van der Waals surface area contributed by atoms with Gasteiger partial charge in [-0.3, -0.25) is 9.78 Å². The molecule has 0 atom stereocenters. The van der Waals surface area contributed by atoms with Crippen LogP contribution in [0.4, 0.5) is 13.2 Å². The Hall–Kier alpha value is -2.82. The number of aromatic amines is 1. The second-order valence-corrected chi connectivity index (χ2v) is 8.40. The number of benzene rings is 2. The maximum Gasteiger partial charge on any atom is 0.534 e. The fourth-order valence-electron chi connectivity index (χ4n) is 2.48. The Kier molecular flexibility index (Phi) is 6.44. The topological polar surface area (TPSA) is 89.1 Å². The summed E-state index contributed by atoms with van der Waals surface area (Å²) < 4.78 is 62.7. The first-order valence-corrected chi connectivity index (χ1v) is 10.5. The lowest BCUT2D eigenvalue weighted by Crippen LogP contribution is -2.28. The third kappa shape index (κ3) is 5.27. The predicted octanol–water partition coefficient (Wildman–Crippen LogP) is 5.30. The number of rotatable bonds is 2. The zero-order valence-electron chi connectivity index (χ0n) is 15.2. The highest BCUT2D eigenvalue weighted by atomic mass is 35.5. The summed E-state index contributed by atoms with van der Waals surface area (Å²) in [6.45, 7) is 0. The van der Waals surface area contributed by atoms with Crippen molar-refractivity contribution in [2.45, 2.75) is 5.51 Å². The molecule has 0 unspecified atom stereocenters. The molecule has 0 aliphatic carbocycles. The van der Waals surface area contributed by atoms with E-state index in [4.69, 9.17) is 23.2 Å². The molecule has 2 aromatic carbocycles. The van der Waals surface area contributed by atoms with E-state index < -0.39 is 21.4 Å². The molecule has 2 heterocycles. The van der Waals surface area contributed by atoms with Gasteiger partial charge in [0.15, 0.2) is 11.2 Å². The number of hydrogen-bond acceptors (Lipinski definition) is 5. The monoisotopic (exact) mass is 490 g/mol. The standard InChI is InChI=1S/C10H5ClF3NO3S.C9H6ClNO/c11-6-1-2-7-8(5-6)15-4-3-9(7)18-19(16,17)10(12,13)14;10-6-1-2-7-8(5-6)11-4-3-9(7)12/h1-5H;1-5H,(H,11,12). The van der Waals surface area contributed by atoms with Gasteiger partial charge in [0.05, 0.1) is 11.0 Å². The number of pyridine rings is 2. The number of hydrogen-bond donors (Lipinski definition) is 1. The normalized spacial score (nSPS) is 11.8. The predicted molar refractivity (Wildman–Crippen MR) is 112 cm³/mol. The summed E-state index contributed by atoms with van der Waals surface area (Å²) in [6.07, 6.45) is 2.74. The van der Waals surface area contributed by atoms with E-state index in [0.717, 1.165) is 17.8 Å². The maximum atomic E-state index is 12.2. The molecular formula is C19H11Cl2F3N2O4S. The van der Waals surface area contributed by atoms with E-state index in [2.05, 4.69) is 14.2 Å². The van der Waals surface area contributed by atoms with Crippen molar-refractivity contribution in [3.63, 3.8) is 0 Å². The Morgan fingerprint density at radius 3 is 2.26 bits per heavy atom. The molecule has 0 aliphatic heterocycles. The fraction of sp³-hybridized carbons (Fsp3) is 0.0526. The molecular weight excluding hydrogens is 480 g/mol. The van der Waals surface area contributed by atoms with E-state index in [0.29, 0.717) is 15.4 Å². The average molecular weight is 491 g/mol. The number of alkyl halides is 3. The minimum Gasteiger partial charge on any atom is -0.375 e. The third-order valence-electron chi connectivity index (χ3n) is 3.87. The summed E-state index contributed by atoms with van der Waals surface area (Å²) in [5, 5.41) is 1.72. The van der Waals surface area contributed by atoms with Gasteiger partial charge in [0.1, 0.15) is 0 Å². The molecule has 0 saturated heterocycles. The van der Waals surface area contributed by atoms with E-state index in [1.807, 2.05) is 0 Å². The van der Waals surface area contributed by atoms with Crippen molar-refractivity contribution in [2.24, 2.45) is 0 Å². The number of fused-ring (bicyclic) bond motifs is 2. The Labute approximate surface area is 183 Å². The molecule has 12 heteroatoms. The smallest absolute Gasteiger partial charge is 0.375 e. The van der Waals surface area contributed by atoms with Crippen molar-refractivity contribution in [3.8, 4) is 5.75 Å². The van der Waals surface area contributed by atoms with Crippen LogP contribution in [0, 0.1) is 0 Å². The second kappa shape index (κ2) is 8.74. The maximum absolute atomic E-state index is 12.2. The Morgan fingerprint density at radius 1 is 0.935 bits per heavy atom. The molecule has 31 heavy (non-hydrogen) atoms. The van der Waals surface area contributed by atoms with Crippen molar-refractivity contribution in [1.29, 1.82) is 0 Å². The molecule has 0 spiro atoms. The number of halogens is 5. The first-order valence-electron chi connectivity index (χ1n) is 8.30. The lowest BCUT2D eigenvalue weighted by molar-refractivity contribution is -0.0499. The van der Waals surface area contributed by atoms with Gasteiger partial charge >= 0.3 is 15.6 Å². The van der Waals surface area contributed by atoms with Gasteiger partial charge in [-0.05, 0) is 36.4 Å². The van der Waals surface area contributed by atoms with Crippen LogP contribution in [0.3, 0.4) is 0 Å². The number of nitrogens with zero attached hydrogens (tertiary/aromatic N) is 1.